The van der Waals surface area contributed by atoms with Gasteiger partial charge in [0.05, 0.1) is 19.2 Å². The molecule has 3 heteroatoms. The Morgan fingerprint density at radius 1 is 1.20 bits per heavy atom. The lowest BCUT2D eigenvalue weighted by molar-refractivity contribution is 0.124. The first kappa shape index (κ1) is 14.6. The fraction of sp³-hybridized carbons (Fsp3) is 0.471. The van der Waals surface area contributed by atoms with Gasteiger partial charge in [0.1, 0.15) is 0 Å². The summed E-state index contributed by atoms with van der Waals surface area (Å²) in [7, 11) is 0. The molecule has 0 unspecified atom stereocenters. The number of hydrogen-bond acceptors (Lipinski definition) is 3. The van der Waals surface area contributed by atoms with Crippen LogP contribution in [0.25, 0.3) is 0 Å². The van der Waals surface area contributed by atoms with Crippen LogP contribution < -0.4 is 0 Å². The fourth-order valence-corrected chi connectivity index (χ4v) is 2.81. The van der Waals surface area contributed by atoms with Gasteiger partial charge in [0, 0.05) is 12.6 Å². The van der Waals surface area contributed by atoms with E-state index in [4.69, 9.17) is 11.7 Å². The summed E-state index contributed by atoms with van der Waals surface area (Å²) in [6.07, 6.45) is 7.57. The summed E-state index contributed by atoms with van der Waals surface area (Å²) in [5, 5.41) is 8.87. The number of hydrogen-bond donors (Lipinski definition) is 0. The van der Waals surface area contributed by atoms with Crippen molar-refractivity contribution in [3.63, 3.8) is 0 Å². The van der Waals surface area contributed by atoms with Crippen LogP contribution in [0.5, 0.6) is 0 Å². The molecule has 0 radical (unpaired) electrons. The molecule has 1 aromatic carbocycles. The minimum absolute atomic E-state index is 0.438. The Labute approximate surface area is 121 Å². The van der Waals surface area contributed by atoms with Crippen molar-refractivity contribution in [1.82, 2.24) is 9.80 Å². The molecule has 0 spiro atoms. The van der Waals surface area contributed by atoms with Crippen LogP contribution in [-0.4, -0.2) is 42.0 Å². The Balaban J connectivity index is 1.83. The first-order chi connectivity index (χ1) is 9.83. The molecule has 0 saturated carbocycles. The van der Waals surface area contributed by atoms with Gasteiger partial charge in [-0.05, 0) is 31.5 Å². The lowest BCUT2D eigenvalue weighted by Gasteiger charge is -2.36. The van der Waals surface area contributed by atoms with E-state index in [2.05, 4.69) is 52.1 Å². The van der Waals surface area contributed by atoms with Crippen molar-refractivity contribution in [3.8, 4) is 18.4 Å². The van der Waals surface area contributed by atoms with Gasteiger partial charge in [0.25, 0.3) is 0 Å². The third kappa shape index (κ3) is 4.10. The molecule has 0 amide bonds. The Morgan fingerprint density at radius 3 is 2.50 bits per heavy atom. The van der Waals surface area contributed by atoms with Crippen molar-refractivity contribution in [2.45, 2.75) is 25.4 Å². The van der Waals surface area contributed by atoms with Gasteiger partial charge in [-0.3, -0.25) is 9.80 Å². The van der Waals surface area contributed by atoms with Crippen LogP contribution in [0, 0.1) is 23.7 Å². The van der Waals surface area contributed by atoms with Gasteiger partial charge in [-0.2, -0.15) is 5.26 Å². The van der Waals surface area contributed by atoms with Gasteiger partial charge in [-0.25, -0.2) is 0 Å². The SMILES string of the molecule is C#CCN(CC#N)C1CCN(Cc2ccccc2)CC1. The van der Waals surface area contributed by atoms with E-state index in [0.29, 0.717) is 19.1 Å². The molecule has 1 aliphatic heterocycles. The summed E-state index contributed by atoms with van der Waals surface area (Å²) in [5.41, 5.74) is 1.36. The average Bonchev–Trinajstić information content (AvgIpc) is 2.49. The highest BCUT2D eigenvalue weighted by Crippen LogP contribution is 2.18. The number of nitriles is 1. The number of benzene rings is 1. The molecule has 0 aliphatic carbocycles. The van der Waals surface area contributed by atoms with E-state index in [1.54, 1.807) is 0 Å². The summed E-state index contributed by atoms with van der Waals surface area (Å²) < 4.78 is 0. The topological polar surface area (TPSA) is 30.3 Å². The summed E-state index contributed by atoms with van der Waals surface area (Å²) >= 11 is 0. The Bertz CT molecular complexity index is 459. The maximum absolute atomic E-state index is 8.87. The molecular formula is C17H21N3. The van der Waals surface area contributed by atoms with Crippen molar-refractivity contribution < 1.29 is 0 Å². The normalized spacial score (nSPS) is 16.8. The van der Waals surface area contributed by atoms with E-state index in [1.165, 1.54) is 5.56 Å². The maximum atomic E-state index is 8.87. The highest BCUT2D eigenvalue weighted by Gasteiger charge is 2.23. The molecule has 0 aromatic heterocycles. The lowest BCUT2D eigenvalue weighted by Crippen LogP contribution is -2.44. The smallest absolute Gasteiger partial charge is 0.0876 e. The monoisotopic (exact) mass is 267 g/mol. The molecule has 1 aliphatic rings. The number of terminal acetylenes is 1. The number of piperidine rings is 1. The summed E-state index contributed by atoms with van der Waals surface area (Å²) in [4.78, 5) is 4.60. The van der Waals surface area contributed by atoms with Crippen molar-refractivity contribution in [3.05, 3.63) is 35.9 Å². The largest absolute Gasteiger partial charge is 0.299 e. The predicted octanol–water partition coefficient (Wildman–Crippen LogP) is 2.11. The molecule has 20 heavy (non-hydrogen) atoms. The van der Waals surface area contributed by atoms with Crippen molar-refractivity contribution >= 4 is 0 Å². The second kappa shape index (κ2) is 7.70. The van der Waals surface area contributed by atoms with Gasteiger partial charge < -0.3 is 0 Å². The van der Waals surface area contributed by atoms with Crippen molar-refractivity contribution in [2.75, 3.05) is 26.2 Å². The molecule has 0 bridgehead atoms. The second-order valence-corrected chi connectivity index (χ2v) is 5.26. The molecule has 1 aromatic rings. The van der Waals surface area contributed by atoms with E-state index >= 15 is 0 Å². The summed E-state index contributed by atoms with van der Waals surface area (Å²) in [5.74, 6) is 2.66. The molecular weight excluding hydrogens is 246 g/mol. The highest BCUT2D eigenvalue weighted by atomic mass is 15.2. The van der Waals surface area contributed by atoms with Crippen LogP contribution in [0.2, 0.25) is 0 Å². The Kier molecular flexibility index (Phi) is 5.62. The Hall–Kier alpha value is -1.81. The summed E-state index contributed by atoms with van der Waals surface area (Å²) in [6.45, 7) is 4.18. The second-order valence-electron chi connectivity index (χ2n) is 5.26. The Morgan fingerprint density at radius 2 is 1.90 bits per heavy atom. The molecule has 1 saturated heterocycles. The van der Waals surface area contributed by atoms with Crippen molar-refractivity contribution in [1.29, 1.82) is 5.26 Å². The quantitative estimate of drug-likeness (QED) is 0.604. The minimum atomic E-state index is 0.438. The van der Waals surface area contributed by atoms with Crippen LogP contribution >= 0.6 is 0 Å². The molecule has 104 valence electrons. The van der Waals surface area contributed by atoms with E-state index in [-0.39, 0.29) is 0 Å². The fourth-order valence-electron chi connectivity index (χ4n) is 2.81. The van der Waals surface area contributed by atoms with Gasteiger partial charge in [0.2, 0.25) is 0 Å². The first-order valence-electron chi connectivity index (χ1n) is 7.14. The van der Waals surface area contributed by atoms with Crippen LogP contribution in [0.15, 0.2) is 30.3 Å². The van der Waals surface area contributed by atoms with Gasteiger partial charge in [-0.15, -0.1) is 6.42 Å². The van der Waals surface area contributed by atoms with Crippen LogP contribution in [-0.2, 0) is 6.54 Å². The predicted molar refractivity (Wildman–Crippen MR) is 80.8 cm³/mol. The zero-order chi connectivity index (χ0) is 14.2. The molecule has 0 N–H and O–H groups in total. The van der Waals surface area contributed by atoms with Crippen LogP contribution in [0.1, 0.15) is 18.4 Å². The zero-order valence-electron chi connectivity index (χ0n) is 11.8. The standard InChI is InChI=1S/C17H21N3/c1-2-11-20(14-10-18)17-8-12-19(13-9-17)15-16-6-4-3-5-7-16/h1,3-7,17H,8-9,11-15H2. The van der Waals surface area contributed by atoms with Gasteiger partial charge in [-0.1, -0.05) is 36.3 Å². The van der Waals surface area contributed by atoms with E-state index in [9.17, 15) is 0 Å². The molecule has 3 nitrogen and oxygen atoms in total. The van der Waals surface area contributed by atoms with Crippen molar-refractivity contribution in [2.24, 2.45) is 0 Å². The number of rotatable bonds is 5. The molecule has 0 atom stereocenters. The highest BCUT2D eigenvalue weighted by molar-refractivity contribution is 5.14. The lowest BCUT2D eigenvalue weighted by atomic mass is 10.0. The third-order valence-corrected chi connectivity index (χ3v) is 3.89. The number of nitrogens with zero attached hydrogens (tertiary/aromatic N) is 3. The van der Waals surface area contributed by atoms with E-state index in [0.717, 1.165) is 32.5 Å². The number of likely N-dealkylation sites (tertiary alicyclic amines) is 1. The summed E-state index contributed by atoms with van der Waals surface area (Å²) in [6, 6.07) is 13.2. The van der Waals surface area contributed by atoms with Gasteiger partial charge >= 0.3 is 0 Å². The average molecular weight is 267 g/mol. The van der Waals surface area contributed by atoms with E-state index in [1.807, 2.05) is 0 Å². The van der Waals surface area contributed by atoms with Crippen LogP contribution in [0.3, 0.4) is 0 Å². The zero-order valence-corrected chi connectivity index (χ0v) is 11.8. The molecule has 1 fully saturated rings. The third-order valence-electron chi connectivity index (χ3n) is 3.89. The molecule has 1 heterocycles. The minimum Gasteiger partial charge on any atom is -0.299 e. The maximum Gasteiger partial charge on any atom is 0.0876 e. The molecule has 2 rings (SSSR count). The first-order valence-corrected chi connectivity index (χ1v) is 7.14. The van der Waals surface area contributed by atoms with Gasteiger partial charge in [0.15, 0.2) is 0 Å². The van der Waals surface area contributed by atoms with E-state index < -0.39 is 0 Å². The van der Waals surface area contributed by atoms with Crippen LogP contribution in [0.4, 0.5) is 0 Å².